The third kappa shape index (κ3) is 3.34. The molecular weight excluding hydrogens is 310 g/mol. The third-order valence-corrected chi connectivity index (χ3v) is 5.82. The molecule has 6 heteroatoms. The minimum atomic E-state index is 0.296. The number of ether oxygens (including phenoxy) is 2. The summed E-state index contributed by atoms with van der Waals surface area (Å²) in [4.78, 5) is 11.6. The Morgan fingerprint density at radius 3 is 3.13 bits per heavy atom. The molecule has 0 radical (unpaired) electrons. The van der Waals surface area contributed by atoms with Crippen LogP contribution in [0.1, 0.15) is 36.1 Å². The highest BCUT2D eigenvalue weighted by Crippen LogP contribution is 2.37. The lowest BCUT2D eigenvalue weighted by Gasteiger charge is -2.13. The predicted molar refractivity (Wildman–Crippen MR) is 92.3 cm³/mol. The molecule has 0 amide bonds. The number of nitrogens with one attached hydrogen (secondary N) is 1. The maximum Gasteiger partial charge on any atom is 0.138 e. The molecule has 1 aliphatic heterocycles. The largest absolute Gasteiger partial charge is 0.377 e. The van der Waals surface area contributed by atoms with Gasteiger partial charge >= 0.3 is 0 Å². The Morgan fingerprint density at radius 1 is 1.26 bits per heavy atom. The first-order valence-electron chi connectivity index (χ1n) is 8.60. The van der Waals surface area contributed by atoms with Gasteiger partial charge in [0.25, 0.3) is 0 Å². The van der Waals surface area contributed by atoms with Crippen molar-refractivity contribution in [3.8, 4) is 0 Å². The van der Waals surface area contributed by atoms with E-state index in [1.54, 1.807) is 6.33 Å². The fourth-order valence-electron chi connectivity index (χ4n) is 3.46. The lowest BCUT2D eigenvalue weighted by molar-refractivity contribution is 0.0206. The second-order valence-corrected chi connectivity index (χ2v) is 7.33. The van der Waals surface area contributed by atoms with Crippen LogP contribution in [-0.2, 0) is 22.3 Å². The summed E-state index contributed by atoms with van der Waals surface area (Å²) in [5, 5.41) is 4.68. The zero-order valence-corrected chi connectivity index (χ0v) is 14.2. The van der Waals surface area contributed by atoms with Gasteiger partial charge in [0.2, 0.25) is 0 Å². The SMILES string of the molecule is c1nc(NCCOCC2CCCO2)c2c3c(sc2n1)CCCC3. The molecule has 1 unspecified atom stereocenters. The quantitative estimate of drug-likeness (QED) is 0.823. The van der Waals surface area contributed by atoms with Gasteiger partial charge in [0.1, 0.15) is 17.0 Å². The van der Waals surface area contributed by atoms with Gasteiger partial charge in [-0.05, 0) is 44.1 Å². The van der Waals surface area contributed by atoms with Crippen molar-refractivity contribution in [2.24, 2.45) is 0 Å². The summed E-state index contributed by atoms with van der Waals surface area (Å²) in [6.45, 7) is 3.03. The van der Waals surface area contributed by atoms with Crippen LogP contribution in [0.5, 0.6) is 0 Å². The number of rotatable bonds is 6. The van der Waals surface area contributed by atoms with E-state index >= 15 is 0 Å². The van der Waals surface area contributed by atoms with Crippen molar-refractivity contribution in [1.29, 1.82) is 0 Å². The van der Waals surface area contributed by atoms with Crippen molar-refractivity contribution >= 4 is 27.4 Å². The van der Waals surface area contributed by atoms with E-state index in [9.17, 15) is 0 Å². The first kappa shape index (κ1) is 15.3. The molecule has 1 fully saturated rings. The molecule has 1 N–H and O–H groups in total. The van der Waals surface area contributed by atoms with Crippen LogP contribution in [0.4, 0.5) is 5.82 Å². The van der Waals surface area contributed by atoms with E-state index in [2.05, 4.69) is 15.3 Å². The van der Waals surface area contributed by atoms with Crippen LogP contribution < -0.4 is 5.32 Å². The number of hydrogen-bond acceptors (Lipinski definition) is 6. The van der Waals surface area contributed by atoms with Crippen LogP contribution in [0.15, 0.2) is 6.33 Å². The molecule has 4 rings (SSSR count). The van der Waals surface area contributed by atoms with Crippen LogP contribution in [0, 0.1) is 0 Å². The zero-order chi connectivity index (χ0) is 15.5. The highest BCUT2D eigenvalue weighted by atomic mass is 32.1. The summed E-state index contributed by atoms with van der Waals surface area (Å²) < 4.78 is 11.3. The highest BCUT2D eigenvalue weighted by molar-refractivity contribution is 7.19. The number of aromatic nitrogens is 2. The van der Waals surface area contributed by atoms with E-state index in [-0.39, 0.29) is 0 Å². The van der Waals surface area contributed by atoms with Crippen LogP contribution >= 0.6 is 11.3 Å². The summed E-state index contributed by atoms with van der Waals surface area (Å²) in [6, 6.07) is 0. The maximum atomic E-state index is 5.72. The summed E-state index contributed by atoms with van der Waals surface area (Å²) >= 11 is 1.84. The molecule has 5 nitrogen and oxygen atoms in total. The Bertz CT molecular complexity index is 667. The van der Waals surface area contributed by atoms with E-state index in [0.717, 1.165) is 43.1 Å². The molecule has 1 aliphatic carbocycles. The second-order valence-electron chi connectivity index (χ2n) is 6.25. The number of fused-ring (bicyclic) bond motifs is 3. The zero-order valence-electron chi connectivity index (χ0n) is 13.3. The van der Waals surface area contributed by atoms with Crippen molar-refractivity contribution in [2.45, 2.75) is 44.6 Å². The minimum Gasteiger partial charge on any atom is -0.377 e. The van der Waals surface area contributed by atoms with Gasteiger partial charge in [0.15, 0.2) is 0 Å². The van der Waals surface area contributed by atoms with Gasteiger partial charge in [-0.1, -0.05) is 0 Å². The van der Waals surface area contributed by atoms with Gasteiger partial charge < -0.3 is 14.8 Å². The molecule has 1 atom stereocenters. The first-order chi connectivity index (χ1) is 11.4. The van der Waals surface area contributed by atoms with Crippen molar-refractivity contribution in [3.05, 3.63) is 16.8 Å². The van der Waals surface area contributed by atoms with E-state index in [4.69, 9.17) is 9.47 Å². The van der Waals surface area contributed by atoms with Crippen LogP contribution in [-0.4, -0.2) is 42.4 Å². The van der Waals surface area contributed by atoms with Gasteiger partial charge in [-0.2, -0.15) is 0 Å². The van der Waals surface area contributed by atoms with E-state index in [1.165, 1.54) is 35.1 Å². The average molecular weight is 333 g/mol. The van der Waals surface area contributed by atoms with Crippen LogP contribution in [0.2, 0.25) is 0 Å². The Labute approximate surface area is 140 Å². The summed E-state index contributed by atoms with van der Waals surface area (Å²) in [5.41, 5.74) is 1.47. The topological polar surface area (TPSA) is 56.3 Å². The summed E-state index contributed by atoms with van der Waals surface area (Å²) in [5.74, 6) is 0.968. The van der Waals surface area contributed by atoms with Crippen LogP contribution in [0.3, 0.4) is 0 Å². The first-order valence-corrected chi connectivity index (χ1v) is 9.42. The average Bonchev–Trinajstić information content (AvgIpc) is 3.21. The summed E-state index contributed by atoms with van der Waals surface area (Å²) in [7, 11) is 0. The molecule has 2 aliphatic rings. The molecule has 124 valence electrons. The fourth-order valence-corrected chi connectivity index (χ4v) is 4.69. The van der Waals surface area contributed by atoms with Gasteiger partial charge in [0, 0.05) is 18.0 Å². The number of aryl methyl sites for hydroxylation is 2. The lowest BCUT2D eigenvalue weighted by Crippen LogP contribution is -2.18. The molecule has 0 spiro atoms. The van der Waals surface area contributed by atoms with Crippen LogP contribution in [0.25, 0.3) is 10.2 Å². The molecule has 1 saturated heterocycles. The minimum absolute atomic E-state index is 0.296. The van der Waals surface area contributed by atoms with Gasteiger partial charge in [-0.25, -0.2) is 9.97 Å². The molecule has 23 heavy (non-hydrogen) atoms. The fraction of sp³-hybridized carbons (Fsp3) is 0.647. The van der Waals surface area contributed by atoms with Crippen molar-refractivity contribution in [1.82, 2.24) is 9.97 Å². The molecule has 0 saturated carbocycles. The normalized spacial score (nSPS) is 20.8. The Hall–Kier alpha value is -1.24. The molecule has 0 aromatic carbocycles. The highest BCUT2D eigenvalue weighted by Gasteiger charge is 2.19. The maximum absolute atomic E-state index is 5.72. The second kappa shape index (κ2) is 7.11. The van der Waals surface area contributed by atoms with Gasteiger partial charge in [-0.3, -0.25) is 0 Å². The van der Waals surface area contributed by atoms with Crippen molar-refractivity contribution < 1.29 is 9.47 Å². The third-order valence-electron chi connectivity index (χ3n) is 4.62. The molecule has 2 aromatic heterocycles. The lowest BCUT2D eigenvalue weighted by atomic mass is 9.97. The number of nitrogens with zero attached hydrogens (tertiary/aromatic N) is 2. The molecule has 3 heterocycles. The standard InChI is InChI=1S/C17H23N3O2S/c1-2-6-14-13(5-1)15-16(19-11-20-17(15)23-14)18-7-9-21-10-12-4-3-8-22-12/h11-12H,1-10H2,(H,18,19,20). The Kier molecular flexibility index (Phi) is 4.73. The smallest absolute Gasteiger partial charge is 0.138 e. The van der Waals surface area contributed by atoms with Crippen molar-refractivity contribution in [2.75, 3.05) is 31.7 Å². The molecule has 2 aromatic rings. The molecule has 0 bridgehead atoms. The van der Waals surface area contributed by atoms with E-state index in [0.29, 0.717) is 19.3 Å². The Balaban J connectivity index is 1.37. The van der Waals surface area contributed by atoms with E-state index in [1.807, 2.05) is 11.3 Å². The summed E-state index contributed by atoms with van der Waals surface area (Å²) in [6.07, 6.45) is 9.18. The monoisotopic (exact) mass is 333 g/mol. The predicted octanol–water partition coefficient (Wildman–Crippen LogP) is 3.18. The van der Waals surface area contributed by atoms with E-state index < -0.39 is 0 Å². The number of anilines is 1. The van der Waals surface area contributed by atoms with Gasteiger partial charge in [-0.15, -0.1) is 11.3 Å². The van der Waals surface area contributed by atoms with Gasteiger partial charge in [0.05, 0.1) is 24.7 Å². The number of hydrogen-bond donors (Lipinski definition) is 1. The number of thiophene rings is 1. The molecular formula is C17H23N3O2S. The van der Waals surface area contributed by atoms with Crippen molar-refractivity contribution in [3.63, 3.8) is 0 Å². The Morgan fingerprint density at radius 2 is 2.22 bits per heavy atom.